The Balaban J connectivity index is 1.90. The zero-order valence-corrected chi connectivity index (χ0v) is 14.6. The number of halogens is 3. The first-order chi connectivity index (χ1) is 13.2. The Labute approximate surface area is 156 Å². The largest absolute Gasteiger partial charge is 0.416 e. The molecule has 3 heterocycles. The highest BCUT2D eigenvalue weighted by atomic mass is 19.4. The van der Waals surface area contributed by atoms with Crippen LogP contribution in [0.1, 0.15) is 11.3 Å². The van der Waals surface area contributed by atoms with Gasteiger partial charge < -0.3 is 5.73 Å². The fourth-order valence-corrected chi connectivity index (χ4v) is 3.03. The molecule has 142 valence electrons. The minimum Gasteiger partial charge on any atom is -0.384 e. The average molecular weight is 385 g/mol. The Morgan fingerprint density at radius 2 is 1.75 bits per heavy atom. The number of aryl methyl sites for hydroxylation is 1. The second kappa shape index (κ2) is 6.22. The van der Waals surface area contributed by atoms with E-state index in [4.69, 9.17) is 5.73 Å². The van der Waals surface area contributed by atoms with Crippen LogP contribution < -0.4 is 11.3 Å². The molecule has 4 rings (SSSR count). The average Bonchev–Trinajstić information content (AvgIpc) is 2.98. The molecule has 0 saturated carbocycles. The maximum Gasteiger partial charge on any atom is 0.416 e. The lowest BCUT2D eigenvalue weighted by Crippen LogP contribution is -2.14. The van der Waals surface area contributed by atoms with Gasteiger partial charge in [-0.25, -0.2) is 14.5 Å². The van der Waals surface area contributed by atoms with Crippen molar-refractivity contribution in [2.75, 3.05) is 5.73 Å². The molecule has 0 unspecified atom stereocenters. The maximum atomic E-state index is 12.8. The van der Waals surface area contributed by atoms with Crippen LogP contribution in [0.3, 0.4) is 0 Å². The van der Waals surface area contributed by atoms with E-state index in [0.717, 1.165) is 12.1 Å². The smallest absolute Gasteiger partial charge is 0.384 e. The first kappa shape index (κ1) is 17.8. The molecule has 1 aromatic carbocycles. The van der Waals surface area contributed by atoms with Crippen LogP contribution in [0.15, 0.2) is 53.5 Å². The summed E-state index contributed by atoms with van der Waals surface area (Å²) in [5, 5.41) is 2.91. The summed E-state index contributed by atoms with van der Waals surface area (Å²) in [5.74, 6) is 0.337. The molecule has 0 aliphatic heterocycles. The molecule has 0 amide bonds. The van der Waals surface area contributed by atoms with Crippen molar-refractivity contribution in [3.05, 3.63) is 70.3 Å². The number of rotatable bonds is 2. The molecule has 0 spiro atoms. The number of aromatic amines is 1. The van der Waals surface area contributed by atoms with E-state index in [-0.39, 0.29) is 5.56 Å². The first-order valence-electron chi connectivity index (χ1n) is 8.26. The van der Waals surface area contributed by atoms with Crippen LogP contribution in [0.5, 0.6) is 0 Å². The van der Waals surface area contributed by atoms with Gasteiger partial charge in [-0.15, -0.1) is 0 Å². The minimum absolute atomic E-state index is 0.316. The highest BCUT2D eigenvalue weighted by Crippen LogP contribution is 2.33. The highest BCUT2D eigenvalue weighted by molar-refractivity contribution is 5.81. The van der Waals surface area contributed by atoms with Crippen LogP contribution in [-0.4, -0.2) is 19.6 Å². The normalized spacial score (nSPS) is 11.9. The fourth-order valence-electron chi connectivity index (χ4n) is 3.03. The maximum absolute atomic E-state index is 12.8. The van der Waals surface area contributed by atoms with Crippen LogP contribution in [0.25, 0.3) is 28.0 Å². The van der Waals surface area contributed by atoms with Gasteiger partial charge in [-0.05, 0) is 36.8 Å². The number of nitrogens with zero attached hydrogens (tertiary/aromatic N) is 3. The van der Waals surface area contributed by atoms with Crippen molar-refractivity contribution in [1.29, 1.82) is 0 Å². The van der Waals surface area contributed by atoms with E-state index in [1.165, 1.54) is 28.9 Å². The Morgan fingerprint density at radius 3 is 2.36 bits per heavy atom. The van der Waals surface area contributed by atoms with Crippen molar-refractivity contribution >= 4 is 11.5 Å². The van der Waals surface area contributed by atoms with Gasteiger partial charge in [0.25, 0.3) is 5.56 Å². The molecule has 0 fully saturated rings. The summed E-state index contributed by atoms with van der Waals surface area (Å²) >= 11 is 0. The van der Waals surface area contributed by atoms with Gasteiger partial charge >= 0.3 is 6.18 Å². The zero-order chi connectivity index (χ0) is 20.1. The minimum atomic E-state index is -4.42. The number of alkyl halides is 3. The lowest BCUT2D eigenvalue weighted by molar-refractivity contribution is -0.137. The van der Waals surface area contributed by atoms with E-state index < -0.39 is 11.7 Å². The van der Waals surface area contributed by atoms with Gasteiger partial charge in [0.2, 0.25) is 0 Å². The Kier molecular flexibility index (Phi) is 3.95. The number of nitrogen functional groups attached to an aromatic ring is 1. The molecule has 28 heavy (non-hydrogen) atoms. The number of H-pyrrole nitrogens is 1. The van der Waals surface area contributed by atoms with Crippen molar-refractivity contribution in [1.82, 2.24) is 19.6 Å². The third kappa shape index (κ3) is 3.00. The van der Waals surface area contributed by atoms with Crippen molar-refractivity contribution < 1.29 is 13.2 Å². The summed E-state index contributed by atoms with van der Waals surface area (Å²) in [6.45, 7) is 1.73. The third-order valence-electron chi connectivity index (χ3n) is 4.38. The van der Waals surface area contributed by atoms with E-state index >= 15 is 0 Å². The lowest BCUT2D eigenvalue weighted by atomic mass is 10.0. The number of anilines is 1. The Bertz CT molecular complexity index is 1220. The molecule has 0 saturated heterocycles. The molecule has 0 atom stereocenters. The number of aromatic nitrogens is 4. The number of benzene rings is 1. The van der Waals surface area contributed by atoms with E-state index in [1.807, 2.05) is 0 Å². The van der Waals surface area contributed by atoms with Crippen molar-refractivity contribution in [2.45, 2.75) is 13.1 Å². The van der Waals surface area contributed by atoms with Gasteiger partial charge in [-0.1, -0.05) is 12.1 Å². The topological polar surface area (TPSA) is 89.1 Å². The molecule has 0 aliphatic carbocycles. The first-order valence-corrected chi connectivity index (χ1v) is 8.26. The standard InChI is InChI=1S/C19H14F3N5O/c1-10-17(11-2-5-13(6-3-11)19(20,21)22)18-25-14(8-16(28)27(18)26-10)12-4-7-15(23)24-9-12/h2-9,26H,1H3,(H2,23,24). The summed E-state index contributed by atoms with van der Waals surface area (Å²) in [6, 6.07) is 9.38. The number of hydrogen-bond acceptors (Lipinski definition) is 4. The molecule has 0 radical (unpaired) electrons. The van der Waals surface area contributed by atoms with Crippen LogP contribution >= 0.6 is 0 Å². The summed E-state index contributed by atoms with van der Waals surface area (Å²) < 4.78 is 39.8. The molecular weight excluding hydrogens is 371 g/mol. The molecule has 0 aliphatic rings. The quantitative estimate of drug-likeness (QED) is 0.551. The lowest BCUT2D eigenvalue weighted by Gasteiger charge is -2.08. The van der Waals surface area contributed by atoms with Gasteiger partial charge in [0.05, 0.1) is 11.3 Å². The molecule has 0 bridgehead atoms. The number of pyridine rings is 1. The fraction of sp³-hybridized carbons (Fsp3) is 0.105. The third-order valence-corrected chi connectivity index (χ3v) is 4.38. The van der Waals surface area contributed by atoms with E-state index in [9.17, 15) is 18.0 Å². The van der Waals surface area contributed by atoms with E-state index in [0.29, 0.717) is 39.5 Å². The van der Waals surface area contributed by atoms with Gasteiger partial charge in [0.1, 0.15) is 5.82 Å². The second-order valence-electron chi connectivity index (χ2n) is 6.30. The van der Waals surface area contributed by atoms with Gasteiger partial charge in [0.15, 0.2) is 5.65 Å². The summed E-state index contributed by atoms with van der Waals surface area (Å²) in [4.78, 5) is 21.1. The van der Waals surface area contributed by atoms with Gasteiger partial charge in [-0.2, -0.15) is 13.2 Å². The summed E-state index contributed by atoms with van der Waals surface area (Å²) in [5.41, 5.74) is 7.49. The Morgan fingerprint density at radius 1 is 1.07 bits per heavy atom. The van der Waals surface area contributed by atoms with Gasteiger partial charge in [0, 0.05) is 29.1 Å². The van der Waals surface area contributed by atoms with Crippen molar-refractivity contribution in [3.63, 3.8) is 0 Å². The summed E-state index contributed by atoms with van der Waals surface area (Å²) in [6.07, 6.45) is -2.91. The van der Waals surface area contributed by atoms with Gasteiger partial charge in [-0.3, -0.25) is 9.89 Å². The predicted octanol–water partition coefficient (Wildman–Crippen LogP) is 3.66. The van der Waals surface area contributed by atoms with Crippen LogP contribution in [0, 0.1) is 6.92 Å². The van der Waals surface area contributed by atoms with Crippen LogP contribution in [-0.2, 0) is 6.18 Å². The van der Waals surface area contributed by atoms with E-state index in [2.05, 4.69) is 15.1 Å². The van der Waals surface area contributed by atoms with Crippen molar-refractivity contribution in [3.8, 4) is 22.4 Å². The Hall–Kier alpha value is -3.62. The zero-order valence-electron chi connectivity index (χ0n) is 14.6. The molecule has 6 nitrogen and oxygen atoms in total. The molecule has 3 aromatic heterocycles. The van der Waals surface area contributed by atoms with E-state index in [1.54, 1.807) is 19.1 Å². The number of hydrogen-bond donors (Lipinski definition) is 2. The predicted molar refractivity (Wildman–Crippen MR) is 98.6 cm³/mol. The van der Waals surface area contributed by atoms with Crippen LogP contribution in [0.4, 0.5) is 19.0 Å². The molecule has 3 N–H and O–H groups in total. The number of fused-ring (bicyclic) bond motifs is 1. The monoisotopic (exact) mass is 385 g/mol. The van der Waals surface area contributed by atoms with Crippen LogP contribution in [0.2, 0.25) is 0 Å². The highest BCUT2D eigenvalue weighted by Gasteiger charge is 2.30. The van der Waals surface area contributed by atoms with Crippen molar-refractivity contribution in [2.24, 2.45) is 0 Å². The SMILES string of the molecule is Cc1[nH]n2c(=O)cc(-c3ccc(N)nc3)nc2c1-c1ccc(C(F)(F)F)cc1. The molecule has 4 aromatic rings. The second-order valence-corrected chi connectivity index (χ2v) is 6.30. The number of nitrogens with two attached hydrogens (primary N) is 1. The molecule has 9 heteroatoms. The summed E-state index contributed by atoms with van der Waals surface area (Å²) in [7, 11) is 0. The molecular formula is C19H14F3N5O. The number of nitrogens with one attached hydrogen (secondary N) is 1.